The van der Waals surface area contributed by atoms with Crippen molar-refractivity contribution >= 4 is 23.2 Å². The fraction of sp³-hybridized carbons (Fsp3) is 0.300. The summed E-state index contributed by atoms with van der Waals surface area (Å²) in [5.41, 5.74) is 1.54. The van der Waals surface area contributed by atoms with E-state index in [-0.39, 0.29) is 29.9 Å². The number of phenolic OH excluding ortho intramolecular Hbond substituents is 1. The quantitative estimate of drug-likeness (QED) is 0.562. The molecule has 0 bridgehead atoms. The first kappa shape index (κ1) is 19.6. The molecular weight excluding hydrogens is 363 g/mol. The van der Waals surface area contributed by atoms with Crippen molar-refractivity contribution in [2.75, 3.05) is 49.5 Å². The van der Waals surface area contributed by atoms with Crippen molar-refractivity contribution in [1.29, 1.82) is 0 Å². The fourth-order valence-corrected chi connectivity index (χ4v) is 3.13. The lowest BCUT2D eigenvalue weighted by atomic mass is 10.2. The molecule has 4 N–H and O–H groups in total. The molecule has 28 heavy (non-hydrogen) atoms. The number of benzene rings is 2. The summed E-state index contributed by atoms with van der Waals surface area (Å²) in [7, 11) is 0. The van der Waals surface area contributed by atoms with Crippen LogP contribution in [-0.4, -0.2) is 56.2 Å². The molecule has 2 amide bonds. The first-order chi connectivity index (χ1) is 13.5. The van der Waals surface area contributed by atoms with Gasteiger partial charge in [-0.05, 0) is 48.5 Å². The number of phenols is 1. The van der Waals surface area contributed by atoms with Crippen LogP contribution in [0.25, 0.3) is 0 Å². The Morgan fingerprint density at radius 3 is 2.29 bits per heavy atom. The van der Waals surface area contributed by atoms with Gasteiger partial charge in [-0.15, -0.1) is 0 Å². The Morgan fingerprint density at radius 2 is 1.64 bits per heavy atom. The second-order valence-electron chi connectivity index (χ2n) is 6.76. The lowest BCUT2D eigenvalue weighted by Gasteiger charge is -2.33. The Bertz CT molecular complexity index is 803. The largest absolute Gasteiger partial charge is 0.508 e. The number of quaternary nitrogens is 1. The van der Waals surface area contributed by atoms with Gasteiger partial charge < -0.3 is 25.5 Å². The Kier molecular flexibility index (Phi) is 6.44. The molecule has 0 aromatic heterocycles. The van der Waals surface area contributed by atoms with Crippen LogP contribution in [0.3, 0.4) is 0 Å². The van der Waals surface area contributed by atoms with Gasteiger partial charge in [0.15, 0.2) is 6.54 Å². The second kappa shape index (κ2) is 9.18. The number of aromatic hydroxyl groups is 1. The van der Waals surface area contributed by atoms with E-state index >= 15 is 0 Å². The molecule has 0 radical (unpaired) electrons. The smallest absolute Gasteiger partial charge is 0.275 e. The van der Waals surface area contributed by atoms with Gasteiger partial charge in [-0.3, -0.25) is 9.59 Å². The minimum Gasteiger partial charge on any atom is -0.508 e. The number of amides is 2. The topological polar surface area (TPSA) is 86.1 Å². The van der Waals surface area contributed by atoms with Gasteiger partial charge >= 0.3 is 0 Å². The molecule has 0 atom stereocenters. The van der Waals surface area contributed by atoms with Crippen LogP contribution in [0.1, 0.15) is 0 Å². The zero-order valence-corrected chi connectivity index (χ0v) is 15.5. The molecule has 2 aromatic carbocycles. The third-order valence-electron chi connectivity index (χ3n) is 4.67. The summed E-state index contributed by atoms with van der Waals surface area (Å²) >= 11 is 0. The lowest BCUT2D eigenvalue weighted by Crippen LogP contribution is -3.16. The van der Waals surface area contributed by atoms with Gasteiger partial charge in [0.05, 0.1) is 32.7 Å². The summed E-state index contributed by atoms with van der Waals surface area (Å²) in [4.78, 5) is 27.3. The minimum absolute atomic E-state index is 0.122. The zero-order valence-electron chi connectivity index (χ0n) is 15.5. The summed E-state index contributed by atoms with van der Waals surface area (Å²) in [6.45, 7) is 3.46. The number of carbonyl (C=O) groups excluding carboxylic acids is 2. The van der Waals surface area contributed by atoms with E-state index in [4.69, 9.17) is 0 Å². The third-order valence-corrected chi connectivity index (χ3v) is 4.67. The van der Waals surface area contributed by atoms with Gasteiger partial charge in [0.25, 0.3) is 5.91 Å². The summed E-state index contributed by atoms with van der Waals surface area (Å²) in [5.74, 6) is -0.664. The van der Waals surface area contributed by atoms with Gasteiger partial charge in [-0.2, -0.15) is 0 Å². The number of hydrogen-bond acceptors (Lipinski definition) is 4. The summed E-state index contributed by atoms with van der Waals surface area (Å²) in [6.07, 6.45) is 0. The fourth-order valence-electron chi connectivity index (χ4n) is 3.13. The second-order valence-corrected chi connectivity index (χ2v) is 6.76. The Hall–Kier alpha value is -3.13. The van der Waals surface area contributed by atoms with E-state index < -0.39 is 0 Å². The van der Waals surface area contributed by atoms with Gasteiger partial charge in [0.1, 0.15) is 11.6 Å². The van der Waals surface area contributed by atoms with Gasteiger partial charge in [0, 0.05) is 11.4 Å². The van der Waals surface area contributed by atoms with E-state index in [1.807, 2.05) is 12.1 Å². The maximum atomic E-state index is 12.9. The van der Waals surface area contributed by atoms with Crippen molar-refractivity contribution < 1.29 is 24.0 Å². The number of piperazine rings is 1. The summed E-state index contributed by atoms with van der Waals surface area (Å²) in [5, 5.41) is 14.6. The monoisotopic (exact) mass is 387 g/mol. The van der Waals surface area contributed by atoms with Crippen LogP contribution in [0, 0.1) is 5.82 Å². The molecule has 148 valence electrons. The van der Waals surface area contributed by atoms with Crippen molar-refractivity contribution in [2.24, 2.45) is 0 Å². The molecule has 1 aliphatic rings. The molecule has 0 saturated carbocycles. The third kappa shape index (κ3) is 5.68. The Balaban J connectivity index is 1.36. The van der Waals surface area contributed by atoms with E-state index in [0.29, 0.717) is 12.2 Å². The number of rotatable bonds is 6. The number of halogens is 1. The van der Waals surface area contributed by atoms with Gasteiger partial charge in [-0.25, -0.2) is 4.39 Å². The molecule has 1 heterocycles. The van der Waals surface area contributed by atoms with Crippen LogP contribution in [-0.2, 0) is 9.59 Å². The van der Waals surface area contributed by atoms with Crippen molar-refractivity contribution in [3.63, 3.8) is 0 Å². The molecule has 8 heteroatoms. The number of nitrogens with zero attached hydrogens (tertiary/aromatic N) is 1. The van der Waals surface area contributed by atoms with E-state index in [0.717, 1.165) is 36.8 Å². The summed E-state index contributed by atoms with van der Waals surface area (Å²) < 4.78 is 12.9. The zero-order chi connectivity index (χ0) is 19.9. The van der Waals surface area contributed by atoms with Gasteiger partial charge in [0.2, 0.25) is 5.91 Å². The van der Waals surface area contributed by atoms with Crippen molar-refractivity contribution in [1.82, 2.24) is 5.32 Å². The first-order valence-electron chi connectivity index (χ1n) is 9.19. The highest BCUT2D eigenvalue weighted by molar-refractivity contribution is 5.94. The average molecular weight is 387 g/mol. The van der Waals surface area contributed by atoms with Crippen molar-refractivity contribution in [3.05, 3.63) is 54.3 Å². The Morgan fingerprint density at radius 1 is 1.00 bits per heavy atom. The highest BCUT2D eigenvalue weighted by atomic mass is 19.1. The van der Waals surface area contributed by atoms with Gasteiger partial charge in [-0.1, -0.05) is 0 Å². The van der Waals surface area contributed by atoms with Crippen LogP contribution in [0.15, 0.2) is 48.5 Å². The van der Waals surface area contributed by atoms with Crippen molar-refractivity contribution in [3.8, 4) is 5.75 Å². The van der Waals surface area contributed by atoms with E-state index in [1.54, 1.807) is 12.1 Å². The van der Waals surface area contributed by atoms with Crippen LogP contribution in [0.2, 0.25) is 0 Å². The maximum absolute atomic E-state index is 12.9. The van der Waals surface area contributed by atoms with Crippen LogP contribution in [0.5, 0.6) is 5.75 Å². The number of nitrogens with one attached hydrogen (secondary N) is 3. The molecule has 1 aliphatic heterocycles. The maximum Gasteiger partial charge on any atom is 0.275 e. The van der Waals surface area contributed by atoms with Crippen LogP contribution >= 0.6 is 0 Å². The number of hydrogen-bond donors (Lipinski definition) is 4. The number of carbonyl (C=O) groups is 2. The normalized spacial score (nSPS) is 14.5. The van der Waals surface area contributed by atoms with Crippen LogP contribution in [0.4, 0.5) is 15.8 Å². The van der Waals surface area contributed by atoms with Crippen LogP contribution < -0.4 is 20.4 Å². The van der Waals surface area contributed by atoms with E-state index in [1.165, 1.54) is 24.3 Å². The van der Waals surface area contributed by atoms with E-state index in [2.05, 4.69) is 15.5 Å². The molecule has 0 aliphatic carbocycles. The predicted octanol–water partition coefficient (Wildman–Crippen LogP) is -0.00890. The predicted molar refractivity (Wildman–Crippen MR) is 104 cm³/mol. The molecule has 0 spiro atoms. The molecular formula is C20H24FN4O3+. The van der Waals surface area contributed by atoms with Crippen molar-refractivity contribution in [2.45, 2.75) is 0 Å². The molecule has 1 saturated heterocycles. The first-order valence-corrected chi connectivity index (χ1v) is 9.19. The molecule has 3 rings (SSSR count). The number of anilines is 2. The van der Waals surface area contributed by atoms with E-state index in [9.17, 15) is 19.1 Å². The molecule has 7 nitrogen and oxygen atoms in total. The highest BCUT2D eigenvalue weighted by Crippen LogP contribution is 2.18. The highest BCUT2D eigenvalue weighted by Gasteiger charge is 2.22. The standard InChI is InChI=1S/C20H23FN4O3/c21-15-1-3-16(4-2-15)23-19(27)13-22-20(28)14-24-9-11-25(12-10-24)17-5-7-18(26)8-6-17/h1-8,26H,9-14H2,(H,22,28)(H,23,27)/p+1. The minimum atomic E-state index is -0.375. The SMILES string of the molecule is O=C(C[NH+]1CCN(c2ccc(O)cc2)CC1)NCC(=O)Nc1ccc(F)cc1. The Labute approximate surface area is 162 Å². The summed E-state index contributed by atoms with van der Waals surface area (Å²) in [6, 6.07) is 12.5. The lowest BCUT2D eigenvalue weighted by molar-refractivity contribution is -0.892. The average Bonchev–Trinajstić information content (AvgIpc) is 2.69. The molecule has 2 aromatic rings. The molecule has 1 fully saturated rings. The molecule has 0 unspecified atom stereocenters.